The van der Waals surface area contributed by atoms with E-state index in [1.807, 2.05) is 0 Å². The molecule has 2 heterocycles. The van der Waals surface area contributed by atoms with E-state index in [1.165, 1.54) is 6.33 Å². The van der Waals surface area contributed by atoms with Gasteiger partial charge in [-0.05, 0) is 48.9 Å². The minimum Gasteiger partial charge on any atom is -0.325 e. The summed E-state index contributed by atoms with van der Waals surface area (Å²) < 4.78 is 26.7. The van der Waals surface area contributed by atoms with Crippen LogP contribution in [-0.4, -0.2) is 49.6 Å². The number of aromatic nitrogens is 3. The summed E-state index contributed by atoms with van der Waals surface area (Å²) in [5, 5.41) is 8.56. The topological polar surface area (TPSA) is 108 Å². The van der Waals surface area contributed by atoms with Gasteiger partial charge < -0.3 is 5.32 Å². The first kappa shape index (κ1) is 20.2. The van der Waals surface area contributed by atoms with Crippen molar-refractivity contribution in [2.24, 2.45) is 0 Å². The van der Waals surface area contributed by atoms with E-state index >= 15 is 0 Å². The highest BCUT2D eigenvalue weighted by molar-refractivity contribution is 8.18. The zero-order valence-electron chi connectivity index (χ0n) is 15.7. The highest BCUT2D eigenvalue weighted by Gasteiger charge is 2.41. The summed E-state index contributed by atoms with van der Waals surface area (Å²) in [6.07, 6.45) is 0.865. The van der Waals surface area contributed by atoms with Crippen molar-refractivity contribution in [3.05, 3.63) is 41.1 Å². The fourth-order valence-corrected chi connectivity index (χ4v) is 4.27. The molecular weight excluding hydrogens is 416 g/mol. The molecule has 2 N–H and O–H groups in total. The smallest absolute Gasteiger partial charge is 0.294 e. The van der Waals surface area contributed by atoms with Crippen molar-refractivity contribution in [3.63, 3.8) is 0 Å². The fraction of sp³-hybridized carbons (Fsp3) is 0.316. The minimum atomic E-state index is -2.73. The molecule has 1 aliphatic heterocycles. The van der Waals surface area contributed by atoms with Crippen LogP contribution in [0.3, 0.4) is 0 Å². The van der Waals surface area contributed by atoms with Gasteiger partial charge in [-0.15, -0.1) is 0 Å². The molecule has 2 aromatic rings. The Morgan fingerprint density at radius 3 is 2.53 bits per heavy atom. The van der Waals surface area contributed by atoms with E-state index in [0.717, 1.165) is 10.5 Å². The number of H-pyrrole nitrogens is 1. The number of hydrogen-bond donors (Lipinski definition) is 2. The quantitative estimate of drug-likeness (QED) is 0.714. The number of alkyl halides is 2. The Bertz CT molecular complexity index is 1010. The third-order valence-electron chi connectivity index (χ3n) is 4.91. The average molecular weight is 433 g/mol. The molecule has 30 heavy (non-hydrogen) atoms. The molecule has 2 fully saturated rings. The van der Waals surface area contributed by atoms with E-state index < -0.39 is 29.5 Å². The number of rotatable bonds is 4. The monoisotopic (exact) mass is 433 g/mol. The van der Waals surface area contributed by atoms with Crippen molar-refractivity contribution in [1.29, 1.82) is 0 Å². The molecule has 1 saturated heterocycles. The number of benzene rings is 1. The van der Waals surface area contributed by atoms with Crippen LogP contribution >= 0.6 is 11.8 Å². The first-order chi connectivity index (χ1) is 14.3. The summed E-state index contributed by atoms with van der Waals surface area (Å²) in [4.78, 5) is 42.2. The molecule has 0 spiro atoms. The third kappa shape index (κ3) is 4.25. The molecule has 0 radical (unpaired) electrons. The molecule has 2 aliphatic rings. The minimum absolute atomic E-state index is 0.0753. The van der Waals surface area contributed by atoms with Gasteiger partial charge >= 0.3 is 0 Å². The molecule has 1 aromatic carbocycles. The number of thioether (sulfide) groups is 1. The van der Waals surface area contributed by atoms with Crippen LogP contribution in [0.25, 0.3) is 11.4 Å². The number of nitrogens with one attached hydrogen (secondary N) is 2. The van der Waals surface area contributed by atoms with Crippen molar-refractivity contribution in [2.75, 3.05) is 11.9 Å². The summed E-state index contributed by atoms with van der Waals surface area (Å²) in [5.41, 5.74) is 1.83. The molecule has 11 heteroatoms. The van der Waals surface area contributed by atoms with Crippen LogP contribution in [0, 0.1) is 0 Å². The molecule has 3 amide bonds. The van der Waals surface area contributed by atoms with E-state index in [0.29, 0.717) is 28.8 Å². The molecule has 0 bridgehead atoms. The maximum Gasteiger partial charge on any atom is 0.294 e. The number of halogens is 2. The van der Waals surface area contributed by atoms with Crippen LogP contribution in [0.1, 0.15) is 25.7 Å². The van der Waals surface area contributed by atoms with Gasteiger partial charge in [-0.2, -0.15) is 5.10 Å². The first-order valence-electron chi connectivity index (χ1n) is 9.21. The Hall–Kier alpha value is -3.08. The maximum atomic E-state index is 13.3. The van der Waals surface area contributed by atoms with E-state index in [9.17, 15) is 23.2 Å². The lowest BCUT2D eigenvalue weighted by atomic mass is 9.91. The van der Waals surface area contributed by atoms with Crippen LogP contribution in [-0.2, 0) is 9.59 Å². The largest absolute Gasteiger partial charge is 0.325 e. The van der Waals surface area contributed by atoms with Crippen molar-refractivity contribution in [2.45, 2.75) is 31.6 Å². The summed E-state index contributed by atoms with van der Waals surface area (Å²) >= 11 is 0.713. The molecule has 0 unspecified atom stereocenters. The van der Waals surface area contributed by atoms with Crippen LogP contribution in [0.15, 0.2) is 41.1 Å². The van der Waals surface area contributed by atoms with E-state index in [4.69, 9.17) is 0 Å². The normalized spacial score (nSPS) is 18.8. The van der Waals surface area contributed by atoms with Crippen LogP contribution in [0.2, 0.25) is 0 Å². The number of hydrogen-bond acceptors (Lipinski definition) is 6. The van der Waals surface area contributed by atoms with Gasteiger partial charge in [0.15, 0.2) is 5.82 Å². The van der Waals surface area contributed by atoms with Gasteiger partial charge in [0.2, 0.25) is 11.8 Å². The number of amides is 3. The van der Waals surface area contributed by atoms with Gasteiger partial charge in [-0.1, -0.05) is 5.57 Å². The lowest BCUT2D eigenvalue weighted by molar-refractivity contribution is -0.127. The van der Waals surface area contributed by atoms with Gasteiger partial charge in [0.25, 0.3) is 11.1 Å². The second-order valence-electron chi connectivity index (χ2n) is 7.01. The highest BCUT2D eigenvalue weighted by atomic mass is 32.2. The molecular formula is C19H17F2N5O3S. The number of carbonyl (C=O) groups excluding carboxylic acids is 3. The molecule has 1 aliphatic carbocycles. The molecule has 1 aromatic heterocycles. The Morgan fingerprint density at radius 2 is 1.90 bits per heavy atom. The van der Waals surface area contributed by atoms with Crippen LogP contribution in [0.4, 0.5) is 19.3 Å². The van der Waals surface area contributed by atoms with E-state index in [2.05, 4.69) is 20.5 Å². The number of allylic oxidation sites excluding steroid dienone is 1. The number of carbonyl (C=O) groups is 3. The predicted octanol–water partition coefficient (Wildman–Crippen LogP) is 3.57. The average Bonchev–Trinajstić information content (AvgIpc) is 3.33. The molecule has 156 valence electrons. The zero-order chi connectivity index (χ0) is 21.3. The summed E-state index contributed by atoms with van der Waals surface area (Å²) in [5.74, 6) is -3.28. The maximum absolute atomic E-state index is 13.3. The number of anilines is 1. The van der Waals surface area contributed by atoms with Gasteiger partial charge in [-0.3, -0.25) is 24.4 Å². The zero-order valence-corrected chi connectivity index (χ0v) is 16.5. The Morgan fingerprint density at radius 1 is 1.20 bits per heavy atom. The third-order valence-corrected chi connectivity index (χ3v) is 5.98. The van der Waals surface area contributed by atoms with Gasteiger partial charge in [0.1, 0.15) is 12.9 Å². The lowest BCUT2D eigenvalue weighted by Gasteiger charge is -2.24. The van der Waals surface area contributed by atoms with Crippen LogP contribution < -0.4 is 5.32 Å². The lowest BCUT2D eigenvalue weighted by Crippen LogP contribution is -2.36. The summed E-state index contributed by atoms with van der Waals surface area (Å²) in [6.45, 7) is -0.443. The predicted molar refractivity (Wildman–Crippen MR) is 106 cm³/mol. The molecule has 8 nitrogen and oxygen atoms in total. The Kier molecular flexibility index (Phi) is 5.37. The standard InChI is InChI=1S/C19H17F2N5O3S/c20-19(21)7-5-11(6-8-19)15-17(28)26(18(29)30-15)9-14(27)24-13-3-1-12(2-4-13)16-22-10-23-25-16/h1-4,10H,5-9H2,(H,24,27)(H,22,23,25). The van der Waals surface area contributed by atoms with Gasteiger partial charge in [-0.25, -0.2) is 13.8 Å². The Balaban J connectivity index is 1.38. The molecule has 4 rings (SSSR count). The Labute approximate surface area is 174 Å². The van der Waals surface area contributed by atoms with Crippen molar-refractivity contribution in [1.82, 2.24) is 20.1 Å². The molecule has 0 atom stereocenters. The summed E-state index contributed by atoms with van der Waals surface area (Å²) in [6, 6.07) is 6.79. The van der Waals surface area contributed by atoms with Gasteiger partial charge in [0.05, 0.1) is 4.91 Å². The van der Waals surface area contributed by atoms with Crippen molar-refractivity contribution < 1.29 is 23.2 Å². The van der Waals surface area contributed by atoms with E-state index in [-0.39, 0.29) is 30.6 Å². The summed E-state index contributed by atoms with van der Waals surface area (Å²) in [7, 11) is 0. The SMILES string of the molecule is O=C(CN1C(=O)SC(=C2CCC(F)(F)CC2)C1=O)Nc1ccc(-c2ncn[nH]2)cc1. The highest BCUT2D eigenvalue weighted by Crippen LogP contribution is 2.42. The fourth-order valence-electron chi connectivity index (χ4n) is 3.30. The second kappa shape index (κ2) is 7.98. The number of aromatic amines is 1. The van der Waals surface area contributed by atoms with Crippen LogP contribution in [0.5, 0.6) is 0 Å². The number of nitrogens with zero attached hydrogens (tertiary/aromatic N) is 3. The van der Waals surface area contributed by atoms with E-state index in [1.54, 1.807) is 24.3 Å². The first-order valence-corrected chi connectivity index (χ1v) is 10.0. The second-order valence-corrected chi connectivity index (χ2v) is 7.97. The van der Waals surface area contributed by atoms with Crippen molar-refractivity contribution in [3.8, 4) is 11.4 Å². The molecule has 1 saturated carbocycles. The van der Waals surface area contributed by atoms with Gasteiger partial charge in [0, 0.05) is 24.1 Å². The number of imide groups is 1. The van der Waals surface area contributed by atoms with Crippen molar-refractivity contribution >= 4 is 34.5 Å².